The van der Waals surface area contributed by atoms with Crippen molar-refractivity contribution in [1.82, 2.24) is 30.8 Å². The van der Waals surface area contributed by atoms with Crippen molar-refractivity contribution < 1.29 is 23.9 Å². The lowest BCUT2D eigenvalue weighted by atomic mass is 14.0. The van der Waals surface area contributed by atoms with Gasteiger partial charge in [-0.15, -0.1) is 0 Å². The normalized spacial score (nSPS) is 5.45. The van der Waals surface area contributed by atoms with Gasteiger partial charge in [0.05, 0.1) is 0 Å². The van der Waals surface area contributed by atoms with Crippen LogP contribution >= 0.6 is 0 Å². The second-order valence-electron chi connectivity index (χ2n) is 0.600. The van der Waals surface area contributed by atoms with Crippen LogP contribution in [0.1, 0.15) is 0 Å². The van der Waals surface area contributed by atoms with Crippen LogP contribution < -0.4 is 30.8 Å². The van der Waals surface area contributed by atoms with Crippen molar-refractivity contribution in [1.29, 1.82) is 0 Å². The summed E-state index contributed by atoms with van der Waals surface area (Å²) in [7, 11) is -4.61. The molecule has 0 radical (unpaired) electrons. The fourth-order valence-electron chi connectivity index (χ4n) is 0. The summed E-state index contributed by atoms with van der Waals surface area (Å²) >= 11 is 0. The molecule has 11 heteroatoms. The summed E-state index contributed by atoms with van der Waals surface area (Å²) in [6.07, 6.45) is 0. The number of halogens is 1. The average Bonchev–Trinajstić information content (AvgIpc) is 0.722. The Morgan fingerprint density at radius 1 is 0.545 bits per heavy atom. The minimum absolute atomic E-state index is 0. The summed E-state index contributed by atoms with van der Waals surface area (Å²) < 4.78 is 0. The van der Waals surface area contributed by atoms with Gasteiger partial charge in [-0.25, -0.2) is 0 Å². The predicted molar refractivity (Wildman–Crippen MR) is 42.2 cm³/mol. The fourth-order valence-corrected chi connectivity index (χ4v) is 0. The number of rotatable bonds is 0. The van der Waals surface area contributed by atoms with Crippen LogP contribution in [0.15, 0.2) is 0 Å². The molecule has 0 aromatic heterocycles. The Bertz CT molecular complexity index is 34.0. The molecular weight excluding hydrogens is 181 g/mol. The highest BCUT2D eigenvalue weighted by atomic mass is 28.4. The Kier molecular flexibility index (Phi) is 148. The van der Waals surface area contributed by atoms with E-state index in [1.54, 1.807) is 0 Å². The topological polar surface area (TPSA) is 256 Å². The largest absolute Gasteiger partial charge is 0.668 e. The molecule has 11 heavy (non-hydrogen) atoms. The Balaban J connectivity index is -0.00000000533. The molecule has 0 rings (SSSR count). The van der Waals surface area contributed by atoms with E-state index in [0.717, 1.165) is 0 Å². The zero-order valence-electron chi connectivity index (χ0n) is 6.23. The molecule has 0 aromatic rings. The highest BCUT2D eigenvalue weighted by molar-refractivity contribution is 6.46. The van der Waals surface area contributed by atoms with Gasteiger partial charge >= 0.3 is 9.05 Å². The van der Waals surface area contributed by atoms with Gasteiger partial charge in [-0.3, -0.25) is 4.70 Å². The van der Waals surface area contributed by atoms with Gasteiger partial charge in [-0.05, 0) is 0 Å². The Morgan fingerprint density at radius 3 is 0.545 bits per heavy atom. The van der Waals surface area contributed by atoms with Crippen molar-refractivity contribution in [2.24, 2.45) is 0 Å². The lowest BCUT2D eigenvalue weighted by Gasteiger charge is -1.91. The second-order valence-corrected chi connectivity index (χ2v) is 1.80. The molecule has 0 fully saturated rings. The third kappa shape index (κ3) is 13100. The monoisotopic (exact) mass is 201 g/mol. The molecule has 0 saturated heterocycles. The average molecular weight is 201 g/mol. The van der Waals surface area contributed by atoms with Crippen LogP contribution in [0.5, 0.6) is 0 Å². The van der Waals surface area contributed by atoms with Gasteiger partial charge in [0.25, 0.3) is 0 Å². The molecule has 0 aliphatic heterocycles. The molecule has 0 heterocycles. The van der Waals surface area contributed by atoms with E-state index in [4.69, 9.17) is 19.2 Å². The molecule has 0 bridgehead atoms. The number of hydrogen-bond donors (Lipinski definition) is 9. The predicted octanol–water partition coefficient (Wildman–Crippen LogP) is -1.65. The van der Waals surface area contributed by atoms with Crippen molar-refractivity contribution >= 4 is 9.05 Å². The van der Waals surface area contributed by atoms with E-state index < -0.39 is 9.05 Å². The van der Waals surface area contributed by atoms with Crippen LogP contribution in [0.2, 0.25) is 0 Å². The molecule has 0 aliphatic rings. The summed E-state index contributed by atoms with van der Waals surface area (Å²) in [4.78, 5) is 29.3. The summed E-state index contributed by atoms with van der Waals surface area (Å²) in [5, 5.41) is 0. The van der Waals surface area contributed by atoms with E-state index in [1.165, 1.54) is 0 Å². The van der Waals surface area contributed by atoms with E-state index in [1.807, 2.05) is 0 Å². The molecule has 0 saturated carbocycles. The maximum absolute atomic E-state index is 7.33. The third-order valence-electron chi connectivity index (χ3n) is 0. The van der Waals surface area contributed by atoms with Crippen molar-refractivity contribution in [3.05, 3.63) is 0 Å². The highest BCUT2D eigenvalue weighted by Crippen LogP contribution is 1.67. The smallest absolute Gasteiger partial charge is 0.368 e. The summed E-state index contributed by atoms with van der Waals surface area (Å²) in [6.45, 7) is 0. The van der Waals surface area contributed by atoms with Crippen LogP contribution in [-0.2, 0) is 0 Å². The Labute approximate surface area is 64.8 Å². The van der Waals surface area contributed by atoms with E-state index in [2.05, 4.69) is 0 Å². The second kappa shape index (κ2) is 22.6. The van der Waals surface area contributed by atoms with Gasteiger partial charge in [-0.1, -0.05) is 0 Å². The molecular formula is H20FN5O4Si. The summed E-state index contributed by atoms with van der Waals surface area (Å²) in [5.74, 6) is 0. The molecule has 19 N–H and O–H groups in total. The van der Waals surface area contributed by atoms with E-state index >= 15 is 0 Å². The standard InChI is InChI=1S/FH.5H3N.H4O4Si/c;;;;;;1-5(2,3)4/h1H;5*1H3;1-4H. The molecule has 80 valence electrons. The van der Waals surface area contributed by atoms with Gasteiger partial charge in [0, 0.05) is 0 Å². The van der Waals surface area contributed by atoms with Crippen molar-refractivity contribution in [2.75, 3.05) is 0 Å². The molecule has 0 spiro atoms. The molecule has 0 aliphatic carbocycles. The van der Waals surface area contributed by atoms with Crippen LogP contribution in [0, 0.1) is 0 Å². The van der Waals surface area contributed by atoms with Crippen molar-refractivity contribution in [2.45, 2.75) is 0 Å². The first kappa shape index (κ1) is 72.0. The lowest BCUT2D eigenvalue weighted by Crippen LogP contribution is -2.33. The summed E-state index contributed by atoms with van der Waals surface area (Å²) in [6, 6.07) is 0. The Hall–Kier alpha value is -0.213. The Morgan fingerprint density at radius 2 is 0.545 bits per heavy atom. The SMILES string of the molecule is F.N.N.N.N.N.O[Si](O)(O)O. The van der Waals surface area contributed by atoms with Crippen LogP contribution in [0.25, 0.3) is 0 Å². The van der Waals surface area contributed by atoms with Crippen LogP contribution in [0.4, 0.5) is 4.70 Å². The third-order valence-corrected chi connectivity index (χ3v) is 0. The van der Waals surface area contributed by atoms with Gasteiger partial charge in [0.1, 0.15) is 0 Å². The maximum atomic E-state index is 7.33. The maximum Gasteiger partial charge on any atom is 0.668 e. The quantitative estimate of drug-likeness (QED) is 0.203. The molecule has 0 aromatic carbocycles. The van der Waals surface area contributed by atoms with Crippen LogP contribution in [-0.4, -0.2) is 28.2 Å². The highest BCUT2D eigenvalue weighted by Gasteiger charge is 2.22. The molecule has 0 atom stereocenters. The van der Waals surface area contributed by atoms with Gasteiger partial charge < -0.3 is 49.9 Å². The van der Waals surface area contributed by atoms with Crippen LogP contribution in [0.3, 0.4) is 0 Å². The summed E-state index contributed by atoms with van der Waals surface area (Å²) in [5.41, 5.74) is 0. The first-order chi connectivity index (χ1) is 2.00. The van der Waals surface area contributed by atoms with E-state index in [9.17, 15) is 0 Å². The minimum Gasteiger partial charge on any atom is -0.368 e. The molecule has 0 unspecified atom stereocenters. The zero-order valence-corrected chi connectivity index (χ0v) is 7.23. The van der Waals surface area contributed by atoms with Crippen molar-refractivity contribution in [3.63, 3.8) is 0 Å². The fraction of sp³-hybridized carbons (Fsp3) is 0. The lowest BCUT2D eigenvalue weighted by molar-refractivity contribution is 0.117. The van der Waals surface area contributed by atoms with Gasteiger partial charge in [-0.2, -0.15) is 0 Å². The van der Waals surface area contributed by atoms with Gasteiger partial charge in [0.15, 0.2) is 0 Å². The minimum atomic E-state index is -4.61. The first-order valence-electron chi connectivity index (χ1n) is 0.894. The van der Waals surface area contributed by atoms with E-state index in [-0.39, 0.29) is 35.5 Å². The molecule has 0 amide bonds. The molecule has 9 nitrogen and oxygen atoms in total. The number of hydrogen-bond acceptors (Lipinski definition) is 9. The first-order valence-corrected chi connectivity index (χ1v) is 2.68. The van der Waals surface area contributed by atoms with Crippen molar-refractivity contribution in [3.8, 4) is 0 Å². The van der Waals surface area contributed by atoms with Gasteiger partial charge in [0.2, 0.25) is 0 Å². The van der Waals surface area contributed by atoms with E-state index in [0.29, 0.717) is 0 Å². The zero-order chi connectivity index (χ0) is 4.50.